The molecule has 0 aromatic heterocycles. The van der Waals surface area contributed by atoms with E-state index in [9.17, 15) is 13.2 Å². The Morgan fingerprint density at radius 3 is 2.37 bits per heavy atom. The topological polar surface area (TPSA) is 75.7 Å². The van der Waals surface area contributed by atoms with Gasteiger partial charge in [-0.2, -0.15) is 0 Å². The summed E-state index contributed by atoms with van der Waals surface area (Å²) in [5.74, 6) is 0.0923. The van der Waals surface area contributed by atoms with Crippen molar-refractivity contribution in [1.82, 2.24) is 0 Å². The van der Waals surface area contributed by atoms with E-state index in [-0.39, 0.29) is 15.7 Å². The zero-order valence-corrected chi connectivity index (χ0v) is 17.4. The summed E-state index contributed by atoms with van der Waals surface area (Å²) in [6.45, 7) is 3.83. The molecule has 0 fully saturated rings. The molecule has 0 aliphatic heterocycles. The van der Waals surface area contributed by atoms with E-state index < -0.39 is 22.0 Å². The Hall–Kier alpha value is -1.96. The van der Waals surface area contributed by atoms with Crippen LogP contribution in [0.1, 0.15) is 13.8 Å². The Morgan fingerprint density at radius 2 is 1.81 bits per heavy atom. The molecule has 0 spiro atoms. The molecular formula is C18H20Cl2N2O4S. The van der Waals surface area contributed by atoms with E-state index >= 15 is 0 Å². The van der Waals surface area contributed by atoms with Gasteiger partial charge in [0.05, 0.1) is 18.6 Å². The molecule has 0 saturated heterocycles. The highest BCUT2D eigenvalue weighted by atomic mass is 35.5. The number of sulfonamides is 1. The van der Waals surface area contributed by atoms with Gasteiger partial charge in [-0.1, -0.05) is 29.3 Å². The molecule has 1 unspecified atom stereocenters. The summed E-state index contributed by atoms with van der Waals surface area (Å²) in [5.41, 5.74) is 0.705. The minimum atomic E-state index is -3.77. The van der Waals surface area contributed by atoms with Crippen LogP contribution in [0.4, 0.5) is 11.4 Å². The van der Waals surface area contributed by atoms with Crippen LogP contribution in [0.15, 0.2) is 42.5 Å². The van der Waals surface area contributed by atoms with Crippen molar-refractivity contribution < 1.29 is 17.9 Å². The number of nitrogens with one attached hydrogen (secondary N) is 1. The number of ether oxygens (including phenoxy) is 1. The van der Waals surface area contributed by atoms with Gasteiger partial charge in [-0.25, -0.2) is 8.42 Å². The second kappa shape index (κ2) is 8.82. The summed E-state index contributed by atoms with van der Waals surface area (Å²) >= 11 is 12.0. The van der Waals surface area contributed by atoms with Crippen molar-refractivity contribution in [2.75, 3.05) is 22.5 Å². The van der Waals surface area contributed by atoms with E-state index in [0.29, 0.717) is 18.0 Å². The van der Waals surface area contributed by atoms with Crippen molar-refractivity contribution >= 4 is 50.5 Å². The standard InChI is InChI=1S/C18H20Cl2N2O4S/c1-4-26-17-7-5-6-15(11-17)21-18(23)12(2)22(27(3,24)25)16-9-13(19)8-14(20)10-16/h5-12H,4H2,1-3H3,(H,21,23). The zero-order chi connectivity index (χ0) is 20.2. The molecule has 2 rings (SSSR count). The Bertz CT molecular complexity index is 914. The van der Waals surface area contributed by atoms with Gasteiger partial charge < -0.3 is 10.1 Å². The van der Waals surface area contributed by atoms with E-state index in [1.807, 2.05) is 6.92 Å². The van der Waals surface area contributed by atoms with Crippen LogP contribution in [0.3, 0.4) is 0 Å². The van der Waals surface area contributed by atoms with Crippen molar-refractivity contribution in [3.8, 4) is 5.75 Å². The number of amides is 1. The van der Waals surface area contributed by atoms with E-state index in [1.54, 1.807) is 24.3 Å². The quantitative estimate of drug-likeness (QED) is 0.714. The van der Waals surface area contributed by atoms with Gasteiger partial charge in [0.25, 0.3) is 0 Å². The summed E-state index contributed by atoms with van der Waals surface area (Å²) in [6, 6.07) is 10.2. The van der Waals surface area contributed by atoms with Crippen molar-refractivity contribution in [1.29, 1.82) is 0 Å². The number of carbonyl (C=O) groups is 1. The van der Waals surface area contributed by atoms with Gasteiger partial charge in [-0.05, 0) is 44.2 Å². The minimum Gasteiger partial charge on any atom is -0.494 e. The molecule has 1 atom stereocenters. The first-order valence-electron chi connectivity index (χ1n) is 8.11. The Morgan fingerprint density at radius 1 is 1.19 bits per heavy atom. The van der Waals surface area contributed by atoms with Crippen LogP contribution < -0.4 is 14.4 Å². The second-order valence-corrected chi connectivity index (χ2v) is 8.54. The Balaban J connectivity index is 2.31. The monoisotopic (exact) mass is 430 g/mol. The molecule has 0 aliphatic carbocycles. The van der Waals surface area contributed by atoms with Gasteiger partial charge in [0.15, 0.2) is 0 Å². The highest BCUT2D eigenvalue weighted by Crippen LogP contribution is 2.29. The molecule has 27 heavy (non-hydrogen) atoms. The maximum absolute atomic E-state index is 12.7. The summed E-state index contributed by atoms with van der Waals surface area (Å²) in [7, 11) is -3.77. The number of hydrogen-bond donors (Lipinski definition) is 1. The third-order valence-corrected chi connectivity index (χ3v) is 5.28. The maximum Gasteiger partial charge on any atom is 0.247 e. The zero-order valence-electron chi connectivity index (χ0n) is 15.1. The predicted molar refractivity (Wildman–Crippen MR) is 109 cm³/mol. The van der Waals surface area contributed by atoms with E-state index in [1.165, 1.54) is 25.1 Å². The molecule has 2 aromatic rings. The third-order valence-electron chi connectivity index (χ3n) is 3.60. The van der Waals surface area contributed by atoms with Crippen LogP contribution >= 0.6 is 23.2 Å². The average molecular weight is 431 g/mol. The first-order valence-corrected chi connectivity index (χ1v) is 10.7. The fourth-order valence-corrected chi connectivity index (χ4v) is 4.23. The lowest BCUT2D eigenvalue weighted by Crippen LogP contribution is -2.45. The van der Waals surface area contributed by atoms with Gasteiger partial charge in [0.1, 0.15) is 11.8 Å². The van der Waals surface area contributed by atoms with Gasteiger partial charge in [0, 0.05) is 21.8 Å². The first-order chi connectivity index (χ1) is 12.6. The molecule has 0 heterocycles. The molecule has 9 heteroatoms. The lowest BCUT2D eigenvalue weighted by Gasteiger charge is -2.28. The first kappa shape index (κ1) is 21.3. The molecule has 0 aliphatic rings. The summed E-state index contributed by atoms with van der Waals surface area (Å²) < 4.78 is 31.0. The van der Waals surface area contributed by atoms with Crippen LogP contribution in [-0.4, -0.2) is 33.2 Å². The smallest absolute Gasteiger partial charge is 0.247 e. The molecular weight excluding hydrogens is 411 g/mol. The fourth-order valence-electron chi connectivity index (χ4n) is 2.55. The third kappa shape index (κ3) is 5.76. The molecule has 0 radical (unpaired) electrons. The number of benzene rings is 2. The van der Waals surface area contributed by atoms with Crippen LogP contribution in [0.2, 0.25) is 10.0 Å². The second-order valence-electron chi connectivity index (χ2n) is 5.81. The van der Waals surface area contributed by atoms with Crippen LogP contribution in [-0.2, 0) is 14.8 Å². The lowest BCUT2D eigenvalue weighted by molar-refractivity contribution is -0.116. The Labute approximate surface area is 169 Å². The highest BCUT2D eigenvalue weighted by molar-refractivity contribution is 7.92. The number of hydrogen-bond acceptors (Lipinski definition) is 4. The SMILES string of the molecule is CCOc1cccc(NC(=O)C(C)N(c2cc(Cl)cc(Cl)c2)S(C)(=O)=O)c1. The number of halogens is 2. The predicted octanol–water partition coefficient (Wildman–Crippen LogP) is 4.19. The van der Waals surface area contributed by atoms with Gasteiger partial charge in [-0.3, -0.25) is 9.10 Å². The van der Waals surface area contributed by atoms with Crippen molar-refractivity contribution in [2.45, 2.75) is 19.9 Å². The molecule has 1 amide bonds. The van der Waals surface area contributed by atoms with Crippen LogP contribution in [0, 0.1) is 0 Å². The number of anilines is 2. The maximum atomic E-state index is 12.7. The number of carbonyl (C=O) groups excluding carboxylic acids is 1. The number of rotatable bonds is 7. The van der Waals surface area contributed by atoms with Gasteiger partial charge >= 0.3 is 0 Å². The normalized spacial score (nSPS) is 12.3. The summed E-state index contributed by atoms with van der Waals surface area (Å²) in [4.78, 5) is 12.7. The molecule has 146 valence electrons. The minimum absolute atomic E-state index is 0.209. The van der Waals surface area contributed by atoms with Crippen molar-refractivity contribution in [3.05, 3.63) is 52.5 Å². The largest absolute Gasteiger partial charge is 0.494 e. The van der Waals surface area contributed by atoms with Crippen molar-refractivity contribution in [2.24, 2.45) is 0 Å². The molecule has 0 bridgehead atoms. The van der Waals surface area contributed by atoms with E-state index in [2.05, 4.69) is 5.32 Å². The highest BCUT2D eigenvalue weighted by Gasteiger charge is 2.29. The summed E-state index contributed by atoms with van der Waals surface area (Å²) in [5, 5.41) is 3.23. The Kier molecular flexibility index (Phi) is 6.97. The van der Waals surface area contributed by atoms with E-state index in [0.717, 1.165) is 10.6 Å². The summed E-state index contributed by atoms with van der Waals surface area (Å²) in [6.07, 6.45) is 1.02. The van der Waals surface area contributed by atoms with Gasteiger partial charge in [0.2, 0.25) is 15.9 Å². The molecule has 2 aromatic carbocycles. The van der Waals surface area contributed by atoms with Gasteiger partial charge in [-0.15, -0.1) is 0 Å². The lowest BCUT2D eigenvalue weighted by atomic mass is 10.2. The van der Waals surface area contributed by atoms with E-state index in [4.69, 9.17) is 27.9 Å². The molecule has 1 N–H and O–H groups in total. The van der Waals surface area contributed by atoms with Crippen molar-refractivity contribution in [3.63, 3.8) is 0 Å². The fraction of sp³-hybridized carbons (Fsp3) is 0.278. The molecule has 6 nitrogen and oxygen atoms in total. The average Bonchev–Trinajstić information content (AvgIpc) is 2.53. The van der Waals surface area contributed by atoms with Crippen LogP contribution in [0.25, 0.3) is 0 Å². The number of nitrogens with zero attached hydrogens (tertiary/aromatic N) is 1. The molecule has 0 saturated carbocycles. The van der Waals surface area contributed by atoms with Crippen LogP contribution in [0.5, 0.6) is 5.75 Å².